The smallest absolute Gasteiger partial charge is 0.295 e. The molecule has 3 rings (SSSR count). The Balaban J connectivity index is 2.02. The minimum atomic E-state index is -3.56. The van der Waals surface area contributed by atoms with Crippen LogP contribution in [-0.4, -0.2) is 26.3 Å². The van der Waals surface area contributed by atoms with Gasteiger partial charge in [0.25, 0.3) is 0 Å². The van der Waals surface area contributed by atoms with Crippen molar-refractivity contribution in [1.29, 1.82) is 0 Å². The highest BCUT2D eigenvalue weighted by Crippen LogP contribution is 2.59. The maximum atomic E-state index is 13.6. The molecular weight excluding hydrogens is 268 g/mol. The number of nitrogens with zero attached hydrogens (tertiary/aromatic N) is 4. The van der Waals surface area contributed by atoms with Crippen LogP contribution in [0.2, 0.25) is 0 Å². The Morgan fingerprint density at radius 1 is 1.26 bits per heavy atom. The van der Waals surface area contributed by atoms with Crippen LogP contribution in [0, 0.1) is 11.6 Å². The summed E-state index contributed by atoms with van der Waals surface area (Å²) in [5.74, 6) is -1.96. The van der Waals surface area contributed by atoms with Gasteiger partial charge < -0.3 is 0 Å². The van der Waals surface area contributed by atoms with Gasteiger partial charge in [-0.2, -0.15) is 8.78 Å². The molecule has 0 aliphatic carbocycles. The van der Waals surface area contributed by atoms with Gasteiger partial charge in [0.05, 0.1) is 6.54 Å². The monoisotopic (exact) mass is 274 g/mol. The van der Waals surface area contributed by atoms with E-state index in [2.05, 4.69) is 20.3 Å². The van der Waals surface area contributed by atoms with Crippen LogP contribution in [-0.2, 0) is 16.9 Å². The first-order valence-corrected chi connectivity index (χ1v) is 5.19. The molecule has 2 heterocycles. The largest absolute Gasteiger partial charge is 0.392 e. The van der Waals surface area contributed by atoms with Crippen molar-refractivity contribution in [2.75, 3.05) is 0 Å². The summed E-state index contributed by atoms with van der Waals surface area (Å²) in [6.07, 6.45) is -2.46. The lowest BCUT2D eigenvalue weighted by Gasteiger charge is -2.12. The topological polar surface area (TPSA) is 56.1 Å². The number of halogens is 4. The van der Waals surface area contributed by atoms with Crippen LogP contribution in [0.5, 0.6) is 0 Å². The van der Waals surface area contributed by atoms with Crippen molar-refractivity contribution in [3.8, 4) is 0 Å². The first kappa shape index (κ1) is 12.0. The molecule has 1 aliphatic heterocycles. The molecule has 2 aromatic rings. The number of ether oxygens (including phenoxy) is 1. The highest BCUT2D eigenvalue weighted by Gasteiger charge is 2.76. The van der Waals surface area contributed by atoms with E-state index in [-0.39, 0.29) is 0 Å². The van der Waals surface area contributed by atoms with Crippen molar-refractivity contribution >= 4 is 0 Å². The number of hydrogen-bond donors (Lipinski definition) is 0. The molecule has 9 heteroatoms. The van der Waals surface area contributed by atoms with Crippen LogP contribution in [0.25, 0.3) is 0 Å². The summed E-state index contributed by atoms with van der Waals surface area (Å²) in [5.41, 5.74) is -2.64. The van der Waals surface area contributed by atoms with Gasteiger partial charge in [-0.1, -0.05) is 0 Å². The molecule has 5 nitrogen and oxygen atoms in total. The summed E-state index contributed by atoms with van der Waals surface area (Å²) in [7, 11) is 0. The minimum Gasteiger partial charge on any atom is -0.295 e. The lowest BCUT2D eigenvalue weighted by atomic mass is 9.98. The normalized spacial score (nSPS) is 24.4. The van der Waals surface area contributed by atoms with Crippen molar-refractivity contribution < 1.29 is 22.3 Å². The summed E-state index contributed by atoms with van der Waals surface area (Å²) < 4.78 is 58.7. The summed E-state index contributed by atoms with van der Waals surface area (Å²) in [4.78, 5) is 0. The third kappa shape index (κ3) is 1.77. The highest BCUT2D eigenvalue weighted by molar-refractivity contribution is 5.31. The summed E-state index contributed by atoms with van der Waals surface area (Å²) >= 11 is 0. The fourth-order valence-corrected chi connectivity index (χ4v) is 1.91. The SMILES string of the molecule is Fc1ccc([C@]2(Cn3cnnn3)OC2(F)F)c(F)c1. The minimum absolute atomic E-state index is 0.436. The maximum absolute atomic E-state index is 13.6. The molecule has 0 unspecified atom stereocenters. The standard InChI is InChI=1S/C10H6F4N4O/c11-6-1-2-7(8(12)3-6)9(10(13,14)19-9)4-18-5-15-16-17-18/h1-3,5H,4H2/t9-/m0/s1. The van der Waals surface area contributed by atoms with E-state index >= 15 is 0 Å². The van der Waals surface area contributed by atoms with E-state index in [0.29, 0.717) is 6.07 Å². The lowest BCUT2D eigenvalue weighted by molar-refractivity contribution is 0.000375. The van der Waals surface area contributed by atoms with Crippen LogP contribution >= 0.6 is 0 Å². The molecule has 1 saturated heterocycles. The van der Waals surface area contributed by atoms with Gasteiger partial charge in [0.15, 0.2) is 0 Å². The summed E-state index contributed by atoms with van der Waals surface area (Å²) in [6, 6.07) is 2.34. The molecule has 1 fully saturated rings. The van der Waals surface area contributed by atoms with E-state index in [4.69, 9.17) is 0 Å². The Morgan fingerprint density at radius 3 is 2.53 bits per heavy atom. The van der Waals surface area contributed by atoms with Crippen LogP contribution in [0.3, 0.4) is 0 Å². The summed E-state index contributed by atoms with van der Waals surface area (Å²) in [6.45, 7) is -0.477. The van der Waals surface area contributed by atoms with Gasteiger partial charge in [-0.05, 0) is 22.6 Å². The Bertz CT molecular complexity index is 618. The number of alkyl halides is 2. The second-order valence-corrected chi connectivity index (χ2v) is 4.08. The van der Waals surface area contributed by atoms with Gasteiger partial charge >= 0.3 is 6.11 Å². The van der Waals surface area contributed by atoms with Gasteiger partial charge in [-0.25, -0.2) is 13.5 Å². The van der Waals surface area contributed by atoms with Crippen LogP contribution < -0.4 is 0 Å². The Morgan fingerprint density at radius 2 is 2.00 bits per heavy atom. The van der Waals surface area contributed by atoms with E-state index in [0.717, 1.165) is 23.1 Å². The fraction of sp³-hybridized carbons (Fsp3) is 0.300. The van der Waals surface area contributed by atoms with Gasteiger partial charge in [0.2, 0.25) is 5.60 Å². The summed E-state index contributed by atoms with van der Waals surface area (Å²) in [5, 5.41) is 10.0. The zero-order chi connectivity index (χ0) is 13.7. The number of tetrazole rings is 1. The van der Waals surface area contributed by atoms with Gasteiger partial charge in [-0.15, -0.1) is 5.10 Å². The molecule has 1 aromatic heterocycles. The Kier molecular flexibility index (Phi) is 2.36. The first-order valence-electron chi connectivity index (χ1n) is 5.19. The number of aromatic nitrogens is 4. The molecule has 1 atom stereocenters. The molecule has 0 radical (unpaired) electrons. The predicted molar refractivity (Wildman–Crippen MR) is 51.9 cm³/mol. The first-order chi connectivity index (χ1) is 8.95. The molecule has 0 bridgehead atoms. The number of rotatable bonds is 3. The van der Waals surface area contributed by atoms with Crippen molar-refractivity contribution in [3.05, 3.63) is 41.7 Å². The fourth-order valence-electron chi connectivity index (χ4n) is 1.91. The Hall–Kier alpha value is -2.03. The van der Waals surface area contributed by atoms with Crippen LogP contribution in [0.15, 0.2) is 24.5 Å². The number of epoxide rings is 1. The number of benzene rings is 1. The third-order valence-electron chi connectivity index (χ3n) is 2.87. The molecular formula is C10H6F4N4O. The quantitative estimate of drug-likeness (QED) is 0.628. The van der Waals surface area contributed by atoms with Crippen LogP contribution in [0.1, 0.15) is 5.56 Å². The van der Waals surface area contributed by atoms with Crippen molar-refractivity contribution in [3.63, 3.8) is 0 Å². The second kappa shape index (κ2) is 3.73. The third-order valence-corrected chi connectivity index (χ3v) is 2.87. The lowest BCUT2D eigenvalue weighted by Crippen LogP contribution is -2.25. The molecule has 0 spiro atoms. The molecule has 19 heavy (non-hydrogen) atoms. The molecule has 1 aliphatic rings. The highest BCUT2D eigenvalue weighted by atomic mass is 19.3. The molecule has 0 saturated carbocycles. The molecule has 100 valence electrons. The molecule has 1 aromatic carbocycles. The van der Waals surface area contributed by atoms with Crippen LogP contribution in [0.4, 0.5) is 17.6 Å². The second-order valence-electron chi connectivity index (χ2n) is 4.08. The molecule has 0 N–H and O–H groups in total. The van der Waals surface area contributed by atoms with E-state index in [1.807, 2.05) is 0 Å². The maximum Gasteiger partial charge on any atom is 0.392 e. The van der Waals surface area contributed by atoms with Gasteiger partial charge in [-0.3, -0.25) is 4.74 Å². The number of hydrogen-bond acceptors (Lipinski definition) is 4. The van der Waals surface area contributed by atoms with E-state index in [1.54, 1.807) is 0 Å². The Labute approximate surface area is 103 Å². The van der Waals surface area contributed by atoms with Crippen molar-refractivity contribution in [2.24, 2.45) is 0 Å². The zero-order valence-electron chi connectivity index (χ0n) is 9.23. The zero-order valence-corrected chi connectivity index (χ0v) is 9.23. The predicted octanol–water partition coefficient (Wildman–Crippen LogP) is 1.47. The average molecular weight is 274 g/mol. The van der Waals surface area contributed by atoms with E-state index < -0.39 is 35.5 Å². The van der Waals surface area contributed by atoms with E-state index in [1.165, 1.54) is 0 Å². The van der Waals surface area contributed by atoms with Crippen molar-refractivity contribution in [2.45, 2.75) is 18.3 Å². The van der Waals surface area contributed by atoms with Crippen molar-refractivity contribution in [1.82, 2.24) is 20.2 Å². The average Bonchev–Trinajstić information content (AvgIpc) is 2.71. The van der Waals surface area contributed by atoms with Gasteiger partial charge in [0.1, 0.15) is 18.0 Å². The molecule has 0 amide bonds. The van der Waals surface area contributed by atoms with E-state index in [9.17, 15) is 17.6 Å². The van der Waals surface area contributed by atoms with Gasteiger partial charge in [0, 0.05) is 11.6 Å².